The van der Waals surface area contributed by atoms with Crippen molar-refractivity contribution in [1.29, 1.82) is 0 Å². The molecular weight excluding hydrogens is 296 g/mol. The fourth-order valence-electron chi connectivity index (χ4n) is 2.95. The minimum atomic E-state index is -0.407. The molecule has 0 aromatic heterocycles. The van der Waals surface area contributed by atoms with Crippen LogP contribution in [0.4, 0.5) is 0 Å². The molecule has 1 aliphatic heterocycles. The molecule has 1 heterocycles. The summed E-state index contributed by atoms with van der Waals surface area (Å²) in [5.41, 5.74) is 1.59. The first kappa shape index (κ1) is 15.5. The van der Waals surface area contributed by atoms with E-state index in [1.807, 2.05) is 30.3 Å². The summed E-state index contributed by atoms with van der Waals surface area (Å²) >= 11 is 0. The Labute approximate surface area is 133 Å². The van der Waals surface area contributed by atoms with Crippen LogP contribution >= 0.6 is 0 Å². The maximum Gasteiger partial charge on any atom is 0.337 e. The molecule has 23 heavy (non-hydrogen) atoms. The minimum absolute atomic E-state index is 0.175. The standard InChI is InChI=1S/C18H18O5/c1-22-17(20)13-6-5-11-3-2-4-12(14(11)9-13)7-8-16-15(10-19)18(21)23-16/h2-6,9,15-16,19H,7-8,10H2,1H3/t15-,16+/m0/s1. The number of aliphatic hydroxyl groups excluding tert-OH is 1. The number of hydrogen-bond acceptors (Lipinski definition) is 5. The normalized spacial score (nSPS) is 20.0. The average Bonchev–Trinajstić information content (AvgIpc) is 2.57. The van der Waals surface area contributed by atoms with Gasteiger partial charge in [0.2, 0.25) is 0 Å². The first-order valence-corrected chi connectivity index (χ1v) is 7.55. The predicted molar refractivity (Wildman–Crippen MR) is 84.1 cm³/mol. The van der Waals surface area contributed by atoms with Crippen LogP contribution in [0.3, 0.4) is 0 Å². The summed E-state index contributed by atoms with van der Waals surface area (Å²) in [6, 6.07) is 11.4. The Kier molecular flexibility index (Phi) is 4.30. The van der Waals surface area contributed by atoms with Crippen molar-refractivity contribution >= 4 is 22.7 Å². The van der Waals surface area contributed by atoms with Gasteiger partial charge in [-0.2, -0.15) is 0 Å². The summed E-state index contributed by atoms with van der Waals surface area (Å²) in [5.74, 6) is -1.10. The Bertz CT molecular complexity index is 752. The van der Waals surface area contributed by atoms with Gasteiger partial charge < -0.3 is 14.6 Å². The van der Waals surface area contributed by atoms with E-state index in [1.54, 1.807) is 6.07 Å². The third kappa shape index (κ3) is 2.92. The number of rotatable bonds is 5. The molecular formula is C18H18O5. The maximum atomic E-state index is 11.7. The monoisotopic (exact) mass is 314 g/mol. The average molecular weight is 314 g/mol. The molecule has 1 saturated heterocycles. The number of cyclic esters (lactones) is 1. The molecule has 0 amide bonds. The zero-order valence-electron chi connectivity index (χ0n) is 12.8. The van der Waals surface area contributed by atoms with Gasteiger partial charge in [0.15, 0.2) is 0 Å². The SMILES string of the molecule is COC(=O)c1ccc2cccc(CC[C@H]3OC(=O)[C@H]3CO)c2c1. The summed E-state index contributed by atoms with van der Waals surface area (Å²) < 4.78 is 9.85. The minimum Gasteiger partial charge on any atom is -0.465 e. The second-order valence-electron chi connectivity index (χ2n) is 5.65. The van der Waals surface area contributed by atoms with Crippen LogP contribution in [-0.2, 0) is 20.7 Å². The summed E-state index contributed by atoms with van der Waals surface area (Å²) in [4.78, 5) is 22.9. The molecule has 0 spiro atoms. The number of carbonyl (C=O) groups excluding carboxylic acids is 2. The molecule has 2 atom stereocenters. The Morgan fingerprint density at radius 1 is 1.30 bits per heavy atom. The third-order valence-corrected chi connectivity index (χ3v) is 4.31. The predicted octanol–water partition coefficient (Wildman–Crippen LogP) is 2.09. The van der Waals surface area contributed by atoms with Crippen molar-refractivity contribution < 1.29 is 24.2 Å². The molecule has 0 unspecified atom stereocenters. The van der Waals surface area contributed by atoms with Gasteiger partial charge in [-0.3, -0.25) is 4.79 Å². The largest absolute Gasteiger partial charge is 0.465 e. The molecule has 0 radical (unpaired) electrons. The lowest BCUT2D eigenvalue weighted by molar-refractivity contribution is -0.188. The zero-order chi connectivity index (χ0) is 16.4. The molecule has 0 saturated carbocycles. The fourth-order valence-corrected chi connectivity index (χ4v) is 2.95. The molecule has 1 N–H and O–H groups in total. The van der Waals surface area contributed by atoms with Crippen molar-refractivity contribution in [2.45, 2.75) is 18.9 Å². The van der Waals surface area contributed by atoms with E-state index in [9.17, 15) is 9.59 Å². The zero-order valence-corrected chi connectivity index (χ0v) is 12.8. The Balaban J connectivity index is 1.82. The van der Waals surface area contributed by atoms with Gasteiger partial charge in [-0.15, -0.1) is 0 Å². The quantitative estimate of drug-likeness (QED) is 0.856. The van der Waals surface area contributed by atoms with Crippen LogP contribution in [0.2, 0.25) is 0 Å². The lowest BCUT2D eigenvalue weighted by Crippen LogP contribution is -2.47. The summed E-state index contributed by atoms with van der Waals surface area (Å²) in [6.07, 6.45) is 1.13. The highest BCUT2D eigenvalue weighted by molar-refractivity contribution is 5.96. The maximum absolute atomic E-state index is 11.7. The van der Waals surface area contributed by atoms with Crippen LogP contribution in [0, 0.1) is 5.92 Å². The van der Waals surface area contributed by atoms with Crippen LogP contribution in [0.25, 0.3) is 10.8 Å². The van der Waals surface area contributed by atoms with Gasteiger partial charge in [-0.25, -0.2) is 4.79 Å². The van der Waals surface area contributed by atoms with E-state index in [4.69, 9.17) is 14.6 Å². The smallest absolute Gasteiger partial charge is 0.337 e. The second kappa shape index (κ2) is 6.38. The molecule has 0 bridgehead atoms. The molecule has 1 aliphatic rings. The van der Waals surface area contributed by atoms with Gasteiger partial charge >= 0.3 is 11.9 Å². The van der Waals surface area contributed by atoms with Crippen molar-refractivity contribution in [3.8, 4) is 0 Å². The van der Waals surface area contributed by atoms with Gasteiger partial charge in [-0.05, 0) is 41.3 Å². The number of ether oxygens (including phenoxy) is 2. The fraction of sp³-hybridized carbons (Fsp3) is 0.333. The molecule has 1 fully saturated rings. The van der Waals surface area contributed by atoms with Crippen LogP contribution in [0.15, 0.2) is 36.4 Å². The van der Waals surface area contributed by atoms with Crippen molar-refractivity contribution in [1.82, 2.24) is 0 Å². The number of methoxy groups -OCH3 is 1. The number of aliphatic hydroxyl groups is 1. The lowest BCUT2D eigenvalue weighted by Gasteiger charge is -2.33. The molecule has 5 heteroatoms. The van der Waals surface area contributed by atoms with Gasteiger partial charge in [0.05, 0.1) is 19.3 Å². The third-order valence-electron chi connectivity index (χ3n) is 4.31. The van der Waals surface area contributed by atoms with Crippen LogP contribution in [0.5, 0.6) is 0 Å². The topological polar surface area (TPSA) is 72.8 Å². The Hall–Kier alpha value is -2.40. The van der Waals surface area contributed by atoms with Crippen molar-refractivity contribution in [2.24, 2.45) is 5.92 Å². The van der Waals surface area contributed by atoms with E-state index < -0.39 is 5.92 Å². The lowest BCUT2D eigenvalue weighted by atomic mass is 9.91. The van der Waals surface area contributed by atoms with E-state index >= 15 is 0 Å². The highest BCUT2D eigenvalue weighted by Crippen LogP contribution is 2.28. The second-order valence-corrected chi connectivity index (χ2v) is 5.65. The molecule has 2 aromatic rings. The molecule has 0 aliphatic carbocycles. The van der Waals surface area contributed by atoms with E-state index in [0.717, 1.165) is 16.3 Å². The molecule has 2 aromatic carbocycles. The number of fused-ring (bicyclic) bond motifs is 1. The van der Waals surface area contributed by atoms with Crippen LogP contribution in [0.1, 0.15) is 22.3 Å². The molecule has 3 rings (SSSR count). The summed E-state index contributed by atoms with van der Waals surface area (Å²) in [6.45, 7) is -0.175. The van der Waals surface area contributed by atoms with E-state index in [0.29, 0.717) is 18.4 Å². The highest BCUT2D eigenvalue weighted by atomic mass is 16.6. The van der Waals surface area contributed by atoms with Crippen molar-refractivity contribution in [3.05, 3.63) is 47.5 Å². The van der Waals surface area contributed by atoms with E-state index in [2.05, 4.69) is 0 Å². The first-order valence-electron chi connectivity index (χ1n) is 7.55. The van der Waals surface area contributed by atoms with Gasteiger partial charge in [0, 0.05) is 0 Å². The molecule has 5 nitrogen and oxygen atoms in total. The number of hydrogen-bond donors (Lipinski definition) is 1. The van der Waals surface area contributed by atoms with Gasteiger partial charge in [0.1, 0.15) is 12.0 Å². The van der Waals surface area contributed by atoms with Crippen LogP contribution in [-0.4, -0.2) is 36.9 Å². The number of aryl methyl sites for hydroxylation is 1. The van der Waals surface area contributed by atoms with Crippen molar-refractivity contribution in [3.63, 3.8) is 0 Å². The van der Waals surface area contributed by atoms with Gasteiger partial charge in [0.25, 0.3) is 0 Å². The Morgan fingerprint density at radius 2 is 2.13 bits per heavy atom. The van der Waals surface area contributed by atoms with Crippen molar-refractivity contribution in [2.75, 3.05) is 13.7 Å². The summed E-state index contributed by atoms with van der Waals surface area (Å²) in [7, 11) is 1.36. The Morgan fingerprint density at radius 3 is 2.83 bits per heavy atom. The van der Waals surface area contributed by atoms with Crippen LogP contribution < -0.4 is 0 Å². The van der Waals surface area contributed by atoms with E-state index in [1.165, 1.54) is 7.11 Å². The number of carbonyl (C=O) groups is 2. The number of benzene rings is 2. The first-order chi connectivity index (χ1) is 11.1. The summed E-state index contributed by atoms with van der Waals surface area (Å²) in [5, 5.41) is 11.2. The van der Waals surface area contributed by atoms with Gasteiger partial charge in [-0.1, -0.05) is 24.3 Å². The van der Waals surface area contributed by atoms with E-state index in [-0.39, 0.29) is 24.6 Å². The highest BCUT2D eigenvalue weighted by Gasteiger charge is 2.41. The number of esters is 2. The molecule has 120 valence electrons.